The number of nitrogens with zero attached hydrogens (tertiary/aromatic N) is 4. The zero-order valence-electron chi connectivity index (χ0n) is 12.8. The van der Waals surface area contributed by atoms with E-state index in [0.717, 1.165) is 40.3 Å². The van der Waals surface area contributed by atoms with Gasteiger partial charge in [-0.3, -0.25) is 4.98 Å². The van der Waals surface area contributed by atoms with Gasteiger partial charge in [-0.25, -0.2) is 4.68 Å². The fraction of sp³-hybridized carbons (Fsp3) is 0.278. The van der Waals surface area contributed by atoms with Gasteiger partial charge in [-0.2, -0.15) is 0 Å². The van der Waals surface area contributed by atoms with E-state index in [2.05, 4.69) is 27.1 Å². The van der Waals surface area contributed by atoms with Crippen LogP contribution in [0.3, 0.4) is 0 Å². The van der Waals surface area contributed by atoms with Crippen LogP contribution in [-0.4, -0.2) is 20.0 Å². The van der Waals surface area contributed by atoms with Gasteiger partial charge in [0.25, 0.3) is 0 Å². The van der Waals surface area contributed by atoms with Gasteiger partial charge >= 0.3 is 0 Å². The van der Waals surface area contributed by atoms with E-state index in [9.17, 15) is 0 Å². The van der Waals surface area contributed by atoms with E-state index in [1.165, 1.54) is 12.8 Å². The van der Waals surface area contributed by atoms with Crippen LogP contribution in [-0.2, 0) is 6.54 Å². The smallest absolute Gasteiger partial charge is 0.133 e. The van der Waals surface area contributed by atoms with Gasteiger partial charge in [0, 0.05) is 29.6 Å². The minimum absolute atomic E-state index is 0.567. The molecule has 0 radical (unpaired) electrons. The average Bonchev–Trinajstić information content (AvgIpc) is 3.28. The molecule has 0 bridgehead atoms. The predicted octanol–water partition coefficient (Wildman–Crippen LogP) is 3.60. The van der Waals surface area contributed by atoms with Crippen LogP contribution in [0, 0.1) is 24.7 Å². The molecule has 4 nitrogen and oxygen atoms in total. The fourth-order valence-corrected chi connectivity index (χ4v) is 2.71. The Hall–Kier alpha value is -2.38. The number of benzene rings is 1. The molecule has 2 aromatic heterocycles. The van der Waals surface area contributed by atoms with Crippen LogP contribution in [0.15, 0.2) is 30.5 Å². The largest absolute Gasteiger partial charge is 0.260 e. The number of fused-ring (bicyclic) bond motifs is 1. The fourth-order valence-electron chi connectivity index (χ4n) is 2.46. The SMILES string of the molecule is Cc1ccc(C#Cc2ccc3c(nnn3CC3CC3)c2Cl)cn1. The first-order chi connectivity index (χ1) is 11.2. The predicted molar refractivity (Wildman–Crippen MR) is 90.2 cm³/mol. The molecule has 3 aromatic rings. The molecule has 0 spiro atoms. The lowest BCUT2D eigenvalue weighted by molar-refractivity contribution is 0.559. The van der Waals surface area contributed by atoms with Gasteiger partial charge in [0.1, 0.15) is 5.52 Å². The molecule has 4 rings (SSSR count). The summed E-state index contributed by atoms with van der Waals surface area (Å²) in [7, 11) is 0. The van der Waals surface area contributed by atoms with Crippen molar-refractivity contribution in [3.8, 4) is 11.8 Å². The monoisotopic (exact) mass is 322 g/mol. The molecule has 5 heteroatoms. The molecule has 0 atom stereocenters. The van der Waals surface area contributed by atoms with Crippen LogP contribution < -0.4 is 0 Å². The maximum atomic E-state index is 6.46. The van der Waals surface area contributed by atoms with E-state index in [-0.39, 0.29) is 0 Å². The molecule has 2 heterocycles. The maximum absolute atomic E-state index is 6.46. The summed E-state index contributed by atoms with van der Waals surface area (Å²) >= 11 is 6.46. The lowest BCUT2D eigenvalue weighted by atomic mass is 10.1. The van der Waals surface area contributed by atoms with Crippen LogP contribution >= 0.6 is 11.6 Å². The Balaban J connectivity index is 1.68. The lowest BCUT2D eigenvalue weighted by Crippen LogP contribution is -2.01. The Bertz CT molecular complexity index is 927. The van der Waals surface area contributed by atoms with Crippen LogP contribution in [0.4, 0.5) is 0 Å². The van der Waals surface area contributed by atoms with Crippen LogP contribution in [0.25, 0.3) is 11.0 Å². The number of hydrogen-bond donors (Lipinski definition) is 0. The van der Waals surface area contributed by atoms with Crippen molar-refractivity contribution in [1.82, 2.24) is 20.0 Å². The Morgan fingerprint density at radius 3 is 2.83 bits per heavy atom. The Labute approximate surface area is 139 Å². The Kier molecular flexibility index (Phi) is 3.51. The van der Waals surface area contributed by atoms with Crippen molar-refractivity contribution in [1.29, 1.82) is 0 Å². The molecule has 23 heavy (non-hydrogen) atoms. The molecule has 0 aliphatic heterocycles. The van der Waals surface area contributed by atoms with Crippen molar-refractivity contribution in [2.24, 2.45) is 5.92 Å². The van der Waals surface area contributed by atoms with Crippen LogP contribution in [0.5, 0.6) is 0 Å². The summed E-state index contributed by atoms with van der Waals surface area (Å²) in [5.74, 6) is 6.94. The average molecular weight is 323 g/mol. The summed E-state index contributed by atoms with van der Waals surface area (Å²) in [5.41, 5.74) is 4.30. The van der Waals surface area contributed by atoms with E-state index in [0.29, 0.717) is 5.02 Å². The number of aromatic nitrogens is 4. The zero-order chi connectivity index (χ0) is 15.8. The molecule has 0 unspecified atom stereocenters. The standard InChI is InChI=1S/C18H15ClN4/c1-12-2-3-13(10-20-12)6-7-15-8-9-16-18(17(15)19)21-22-23(16)11-14-4-5-14/h2-3,8-10,14H,4-5,11H2,1H3. The second-order valence-corrected chi connectivity index (χ2v) is 6.33. The van der Waals surface area contributed by atoms with Gasteiger partial charge in [0.15, 0.2) is 0 Å². The van der Waals surface area contributed by atoms with Crippen LogP contribution in [0.1, 0.15) is 29.7 Å². The molecule has 1 aliphatic carbocycles. The van der Waals surface area contributed by atoms with Gasteiger partial charge in [-0.05, 0) is 49.9 Å². The first kappa shape index (κ1) is 14.2. The van der Waals surface area contributed by atoms with Gasteiger partial charge in [0.05, 0.1) is 10.5 Å². The highest BCUT2D eigenvalue weighted by molar-refractivity contribution is 6.36. The molecule has 0 saturated heterocycles. The molecule has 114 valence electrons. The molecule has 1 saturated carbocycles. The third-order valence-corrected chi connectivity index (χ3v) is 4.39. The van der Waals surface area contributed by atoms with Crippen molar-refractivity contribution in [2.45, 2.75) is 26.3 Å². The number of rotatable bonds is 2. The third kappa shape index (κ3) is 2.93. The van der Waals surface area contributed by atoms with Gasteiger partial charge in [-0.1, -0.05) is 28.7 Å². The molecule has 1 fully saturated rings. The van der Waals surface area contributed by atoms with E-state index >= 15 is 0 Å². The summed E-state index contributed by atoms with van der Waals surface area (Å²) in [6.07, 6.45) is 4.33. The molecule has 1 aromatic carbocycles. The second-order valence-electron chi connectivity index (χ2n) is 5.95. The minimum Gasteiger partial charge on any atom is -0.260 e. The Morgan fingerprint density at radius 2 is 2.09 bits per heavy atom. The highest BCUT2D eigenvalue weighted by Gasteiger charge is 2.23. The summed E-state index contributed by atoms with van der Waals surface area (Å²) in [6, 6.07) is 7.83. The summed E-state index contributed by atoms with van der Waals surface area (Å²) in [6.45, 7) is 2.87. The highest BCUT2D eigenvalue weighted by Crippen LogP contribution is 2.32. The highest BCUT2D eigenvalue weighted by atomic mass is 35.5. The lowest BCUT2D eigenvalue weighted by Gasteiger charge is -2.01. The molecular weight excluding hydrogens is 308 g/mol. The first-order valence-corrected chi connectivity index (χ1v) is 8.05. The normalized spacial score (nSPS) is 13.8. The molecule has 1 aliphatic rings. The minimum atomic E-state index is 0.567. The third-order valence-electron chi connectivity index (χ3n) is 4.01. The summed E-state index contributed by atoms with van der Waals surface area (Å²) in [4.78, 5) is 4.24. The quantitative estimate of drug-likeness (QED) is 0.677. The van der Waals surface area contributed by atoms with E-state index in [1.807, 2.05) is 35.9 Å². The van der Waals surface area contributed by atoms with E-state index in [4.69, 9.17) is 11.6 Å². The summed E-state index contributed by atoms with van der Waals surface area (Å²) < 4.78 is 1.94. The van der Waals surface area contributed by atoms with Crippen molar-refractivity contribution >= 4 is 22.6 Å². The number of pyridine rings is 1. The van der Waals surface area contributed by atoms with E-state index in [1.54, 1.807) is 6.20 Å². The van der Waals surface area contributed by atoms with Gasteiger partial charge < -0.3 is 0 Å². The number of aryl methyl sites for hydroxylation is 1. The van der Waals surface area contributed by atoms with Crippen LogP contribution in [0.2, 0.25) is 5.02 Å². The van der Waals surface area contributed by atoms with Crippen molar-refractivity contribution < 1.29 is 0 Å². The maximum Gasteiger partial charge on any atom is 0.133 e. The Morgan fingerprint density at radius 1 is 1.22 bits per heavy atom. The summed E-state index contributed by atoms with van der Waals surface area (Å²) in [5, 5.41) is 9.02. The zero-order valence-corrected chi connectivity index (χ0v) is 13.5. The second kappa shape index (κ2) is 5.68. The topological polar surface area (TPSA) is 43.6 Å². The molecular formula is C18H15ClN4. The van der Waals surface area contributed by atoms with Gasteiger partial charge in [0.2, 0.25) is 0 Å². The first-order valence-electron chi connectivity index (χ1n) is 7.67. The van der Waals surface area contributed by atoms with E-state index < -0.39 is 0 Å². The van der Waals surface area contributed by atoms with Crippen molar-refractivity contribution in [2.75, 3.05) is 0 Å². The number of halogens is 1. The van der Waals surface area contributed by atoms with Gasteiger partial charge in [-0.15, -0.1) is 5.10 Å². The van der Waals surface area contributed by atoms with Crippen molar-refractivity contribution in [3.63, 3.8) is 0 Å². The molecule has 0 N–H and O–H groups in total. The number of hydrogen-bond acceptors (Lipinski definition) is 3. The molecule has 0 amide bonds. The van der Waals surface area contributed by atoms with Crippen molar-refractivity contribution in [3.05, 3.63) is 52.3 Å².